The van der Waals surface area contributed by atoms with Crippen LogP contribution in [0.2, 0.25) is 0 Å². The van der Waals surface area contributed by atoms with Crippen LogP contribution in [0, 0.1) is 0 Å². The fourth-order valence-electron chi connectivity index (χ4n) is 2.20. The first-order chi connectivity index (χ1) is 7.48. The minimum absolute atomic E-state index is 0.297. The molecule has 0 atom stereocenters. The first kappa shape index (κ1) is 11.9. The average Bonchev–Trinajstić information content (AvgIpc) is 2.86. The molecular formula is C10H13F3N2S. The second-order valence-electron chi connectivity index (χ2n) is 4.23. The Hall–Kier alpha value is -0.620. The fraction of sp³-hybridized carbons (Fsp3) is 0.700. The number of aromatic nitrogens is 1. The van der Waals surface area contributed by atoms with Gasteiger partial charge in [-0.25, -0.2) is 4.98 Å². The molecule has 0 amide bonds. The van der Waals surface area contributed by atoms with Crippen LogP contribution in [0.4, 0.5) is 13.2 Å². The summed E-state index contributed by atoms with van der Waals surface area (Å²) < 4.78 is 37.3. The van der Waals surface area contributed by atoms with Crippen molar-refractivity contribution in [2.24, 2.45) is 5.73 Å². The highest BCUT2D eigenvalue weighted by Gasteiger charge is 2.40. The predicted octanol–water partition coefficient (Wildman–Crippen LogP) is 2.93. The van der Waals surface area contributed by atoms with E-state index in [4.69, 9.17) is 5.73 Å². The highest BCUT2D eigenvalue weighted by molar-refractivity contribution is 7.09. The van der Waals surface area contributed by atoms with Crippen LogP contribution in [0.1, 0.15) is 36.4 Å². The zero-order chi connectivity index (χ0) is 11.8. The second-order valence-corrected chi connectivity index (χ2v) is 5.09. The maximum Gasteiger partial charge on any atom is 0.434 e. The van der Waals surface area contributed by atoms with Gasteiger partial charge in [0.1, 0.15) is 5.01 Å². The van der Waals surface area contributed by atoms with E-state index < -0.39 is 11.9 Å². The number of hydrogen-bond acceptors (Lipinski definition) is 3. The van der Waals surface area contributed by atoms with Crippen molar-refractivity contribution < 1.29 is 13.2 Å². The summed E-state index contributed by atoms with van der Waals surface area (Å²) in [6.07, 6.45) is -0.581. The number of nitrogens with two attached hydrogens (primary N) is 1. The highest BCUT2D eigenvalue weighted by atomic mass is 32.1. The Balaban J connectivity index is 2.30. The molecule has 1 aromatic heterocycles. The molecule has 1 heterocycles. The molecule has 0 aliphatic heterocycles. The van der Waals surface area contributed by atoms with Crippen molar-refractivity contribution in [3.05, 3.63) is 16.1 Å². The van der Waals surface area contributed by atoms with Crippen LogP contribution >= 0.6 is 11.3 Å². The molecule has 6 heteroatoms. The summed E-state index contributed by atoms with van der Waals surface area (Å²) in [5.74, 6) is 0. The summed E-state index contributed by atoms with van der Waals surface area (Å²) in [5.41, 5.74) is 4.62. The molecule has 90 valence electrons. The standard InChI is InChI=1S/C10H13F3N2S/c11-10(12,13)7-5-16-8(15-7)9(6-14)3-1-2-4-9/h5H,1-4,6,14H2. The van der Waals surface area contributed by atoms with Crippen molar-refractivity contribution in [1.29, 1.82) is 0 Å². The van der Waals surface area contributed by atoms with Crippen LogP contribution < -0.4 is 5.73 Å². The minimum atomic E-state index is -4.34. The molecule has 2 rings (SSSR count). The van der Waals surface area contributed by atoms with Crippen LogP contribution in [-0.4, -0.2) is 11.5 Å². The van der Waals surface area contributed by atoms with E-state index in [0.717, 1.165) is 42.4 Å². The quantitative estimate of drug-likeness (QED) is 0.876. The first-order valence-electron chi connectivity index (χ1n) is 5.21. The topological polar surface area (TPSA) is 38.9 Å². The van der Waals surface area contributed by atoms with Gasteiger partial charge in [0.2, 0.25) is 0 Å². The van der Waals surface area contributed by atoms with Crippen molar-refractivity contribution in [3.8, 4) is 0 Å². The van der Waals surface area contributed by atoms with E-state index >= 15 is 0 Å². The summed E-state index contributed by atoms with van der Waals surface area (Å²) in [4.78, 5) is 3.72. The van der Waals surface area contributed by atoms with E-state index in [2.05, 4.69) is 4.98 Å². The van der Waals surface area contributed by atoms with Gasteiger partial charge in [0, 0.05) is 17.3 Å². The summed E-state index contributed by atoms with van der Waals surface area (Å²) in [6, 6.07) is 0. The molecular weight excluding hydrogens is 237 g/mol. The fourth-order valence-corrected chi connectivity index (χ4v) is 3.30. The van der Waals surface area contributed by atoms with Crippen LogP contribution in [0.5, 0.6) is 0 Å². The maximum atomic E-state index is 12.4. The van der Waals surface area contributed by atoms with E-state index in [1.807, 2.05) is 0 Å². The van der Waals surface area contributed by atoms with Crippen molar-refractivity contribution in [2.45, 2.75) is 37.3 Å². The summed E-state index contributed by atoms with van der Waals surface area (Å²) in [5, 5.41) is 1.64. The molecule has 1 aromatic rings. The van der Waals surface area contributed by atoms with Crippen LogP contribution in [-0.2, 0) is 11.6 Å². The molecule has 0 aromatic carbocycles. The Morgan fingerprint density at radius 1 is 1.38 bits per heavy atom. The predicted molar refractivity (Wildman–Crippen MR) is 56.3 cm³/mol. The average molecular weight is 250 g/mol. The van der Waals surface area contributed by atoms with E-state index in [1.54, 1.807) is 0 Å². The lowest BCUT2D eigenvalue weighted by molar-refractivity contribution is -0.140. The van der Waals surface area contributed by atoms with Crippen molar-refractivity contribution in [1.82, 2.24) is 4.98 Å². The van der Waals surface area contributed by atoms with E-state index in [-0.39, 0.29) is 5.41 Å². The molecule has 0 saturated heterocycles. The summed E-state index contributed by atoms with van der Waals surface area (Å²) in [6.45, 7) is 0.387. The first-order valence-corrected chi connectivity index (χ1v) is 6.09. The Morgan fingerprint density at radius 2 is 2.00 bits per heavy atom. The lowest BCUT2D eigenvalue weighted by atomic mass is 9.87. The molecule has 2 nitrogen and oxygen atoms in total. The normalized spacial score (nSPS) is 20.2. The summed E-state index contributed by atoms with van der Waals surface area (Å²) in [7, 11) is 0. The zero-order valence-corrected chi connectivity index (χ0v) is 9.50. The Labute approximate surface area is 95.7 Å². The van der Waals surface area contributed by atoms with Gasteiger partial charge in [0.05, 0.1) is 0 Å². The van der Waals surface area contributed by atoms with Gasteiger partial charge in [-0.1, -0.05) is 12.8 Å². The Kier molecular flexibility index (Phi) is 2.96. The van der Waals surface area contributed by atoms with Gasteiger partial charge >= 0.3 is 6.18 Å². The van der Waals surface area contributed by atoms with Crippen molar-refractivity contribution in [2.75, 3.05) is 6.54 Å². The number of rotatable bonds is 2. The third-order valence-corrected chi connectivity index (χ3v) is 4.29. The number of hydrogen-bond donors (Lipinski definition) is 1. The van der Waals surface area contributed by atoms with Gasteiger partial charge in [0.15, 0.2) is 5.69 Å². The monoisotopic (exact) mass is 250 g/mol. The molecule has 0 unspecified atom stereocenters. The van der Waals surface area contributed by atoms with E-state index in [0.29, 0.717) is 11.6 Å². The molecule has 1 aliphatic carbocycles. The van der Waals surface area contributed by atoms with Gasteiger partial charge in [-0.05, 0) is 12.8 Å². The molecule has 0 radical (unpaired) electrons. The second kappa shape index (κ2) is 4.00. The molecule has 1 fully saturated rings. The number of thiazole rings is 1. The molecule has 0 bridgehead atoms. The highest BCUT2D eigenvalue weighted by Crippen LogP contribution is 2.43. The number of halogens is 3. The lowest BCUT2D eigenvalue weighted by Crippen LogP contribution is -2.32. The van der Waals surface area contributed by atoms with E-state index in [1.165, 1.54) is 0 Å². The minimum Gasteiger partial charge on any atom is -0.329 e. The summed E-state index contributed by atoms with van der Waals surface area (Å²) >= 11 is 1.09. The van der Waals surface area contributed by atoms with Gasteiger partial charge in [0.25, 0.3) is 0 Å². The third kappa shape index (κ3) is 1.96. The van der Waals surface area contributed by atoms with Crippen LogP contribution in [0.3, 0.4) is 0 Å². The molecule has 2 N–H and O–H groups in total. The number of alkyl halides is 3. The van der Waals surface area contributed by atoms with Gasteiger partial charge in [-0.3, -0.25) is 0 Å². The zero-order valence-electron chi connectivity index (χ0n) is 8.68. The number of nitrogens with zero attached hydrogens (tertiary/aromatic N) is 1. The molecule has 1 aliphatic rings. The van der Waals surface area contributed by atoms with Gasteiger partial charge in [-0.15, -0.1) is 11.3 Å². The molecule has 0 spiro atoms. The third-order valence-electron chi connectivity index (χ3n) is 3.20. The Morgan fingerprint density at radius 3 is 2.44 bits per heavy atom. The lowest BCUT2D eigenvalue weighted by Gasteiger charge is -2.24. The van der Waals surface area contributed by atoms with Crippen molar-refractivity contribution >= 4 is 11.3 Å². The van der Waals surface area contributed by atoms with Crippen LogP contribution in [0.15, 0.2) is 5.38 Å². The molecule has 16 heavy (non-hydrogen) atoms. The van der Waals surface area contributed by atoms with Crippen LogP contribution in [0.25, 0.3) is 0 Å². The molecule has 1 saturated carbocycles. The van der Waals surface area contributed by atoms with Gasteiger partial charge < -0.3 is 5.73 Å². The SMILES string of the molecule is NCC1(c2nc(C(F)(F)F)cs2)CCCC1. The van der Waals surface area contributed by atoms with Gasteiger partial charge in [-0.2, -0.15) is 13.2 Å². The Bertz CT molecular complexity index is 366. The smallest absolute Gasteiger partial charge is 0.329 e. The van der Waals surface area contributed by atoms with Crippen molar-refractivity contribution in [3.63, 3.8) is 0 Å². The largest absolute Gasteiger partial charge is 0.434 e. The van der Waals surface area contributed by atoms with E-state index in [9.17, 15) is 13.2 Å². The maximum absolute atomic E-state index is 12.4.